The number of phenolic OH excluding ortho intramolecular Hbond substituents is 1. The summed E-state index contributed by atoms with van der Waals surface area (Å²) in [5, 5.41) is 14.0. The van der Waals surface area contributed by atoms with Crippen molar-refractivity contribution in [3.8, 4) is 17.2 Å². The molecule has 3 heterocycles. The van der Waals surface area contributed by atoms with Crippen LogP contribution in [-0.2, 0) is 14.4 Å². The lowest BCUT2D eigenvalue weighted by Gasteiger charge is -2.43. The Morgan fingerprint density at radius 1 is 1.12 bits per heavy atom. The van der Waals surface area contributed by atoms with Crippen LogP contribution in [0.15, 0.2) is 52.3 Å². The summed E-state index contributed by atoms with van der Waals surface area (Å²) in [6, 6.07) is 11.2. The van der Waals surface area contributed by atoms with Crippen LogP contribution in [0.2, 0.25) is 0 Å². The Morgan fingerprint density at radius 3 is 2.53 bits per heavy atom. The van der Waals surface area contributed by atoms with Crippen molar-refractivity contribution in [3.05, 3.63) is 62.6 Å². The molecule has 7 rings (SSSR count). The Kier molecular flexibility index (Phi) is 6.81. The number of nitrogens with one attached hydrogen (secondary N) is 2. The molecule has 8 atom stereocenters. The van der Waals surface area contributed by atoms with E-state index in [1.165, 1.54) is 16.2 Å². The van der Waals surface area contributed by atoms with E-state index >= 15 is 0 Å². The molecule has 10 nitrogen and oxygen atoms in total. The zero-order chi connectivity index (χ0) is 30.2. The van der Waals surface area contributed by atoms with Crippen LogP contribution in [0.25, 0.3) is 0 Å². The fraction of sp³-hybridized carbons (Fsp3) is 0.419. The van der Waals surface area contributed by atoms with Gasteiger partial charge in [0.2, 0.25) is 17.7 Å². The second kappa shape index (κ2) is 10.4. The third-order valence-electron chi connectivity index (χ3n) is 9.53. The average molecular weight is 622 g/mol. The number of anilines is 1. The Labute approximate surface area is 255 Å². The zero-order valence-corrected chi connectivity index (χ0v) is 25.4. The van der Waals surface area contributed by atoms with Gasteiger partial charge in [-0.1, -0.05) is 17.4 Å². The van der Waals surface area contributed by atoms with Crippen LogP contribution in [-0.4, -0.2) is 57.7 Å². The lowest BCUT2D eigenvalue weighted by Crippen LogP contribution is -2.46. The van der Waals surface area contributed by atoms with E-state index < -0.39 is 23.8 Å². The fourth-order valence-electron chi connectivity index (χ4n) is 7.83. The van der Waals surface area contributed by atoms with Crippen LogP contribution < -0.4 is 19.7 Å². The first-order chi connectivity index (χ1) is 20.7. The van der Waals surface area contributed by atoms with E-state index in [0.29, 0.717) is 23.8 Å². The number of nitrogens with zero attached hydrogens (tertiary/aromatic N) is 1. The summed E-state index contributed by atoms with van der Waals surface area (Å²) in [5.74, 6) is -1.33. The predicted molar refractivity (Wildman–Crippen MR) is 161 cm³/mol. The molecular formula is C31H31N3O7S2. The number of carbonyl (C=O) groups excluding carboxylic acids is 3. The van der Waals surface area contributed by atoms with Gasteiger partial charge in [-0.15, -0.1) is 11.8 Å². The molecule has 12 heteroatoms. The summed E-state index contributed by atoms with van der Waals surface area (Å²) in [6.45, 7) is 3.83. The maximum absolute atomic E-state index is 14.0. The van der Waals surface area contributed by atoms with Crippen molar-refractivity contribution in [3.63, 3.8) is 0 Å². The number of aromatic nitrogens is 1. The molecule has 2 aliphatic heterocycles. The Bertz CT molecular complexity index is 1680. The standard InChI is InChI=1S/C31H31N3O7S2/c1-4-41-20-11-14(5-10-19(20)35)21-22-17-12-18(25(22)42-28-26(21)43-31(39)33-28)24-23(17)29(37)34(30(24)38)13(2)27(36)32-15-6-8-16(40-3)9-7-15/h5-11,13,17-18,21-25,35H,4,12H2,1-3H3,(H,32,36)(H,33,39). The Balaban J connectivity index is 1.20. The van der Waals surface area contributed by atoms with Crippen LogP contribution in [0.5, 0.6) is 17.2 Å². The summed E-state index contributed by atoms with van der Waals surface area (Å²) in [5.41, 5.74) is 1.45. The van der Waals surface area contributed by atoms with Crippen LogP contribution in [0.1, 0.15) is 36.6 Å². The number of hydrogen-bond donors (Lipinski definition) is 3. The summed E-state index contributed by atoms with van der Waals surface area (Å²) in [4.78, 5) is 58.6. The molecule has 2 aromatic carbocycles. The number of likely N-dealkylation sites (tertiary alicyclic amines) is 1. The van der Waals surface area contributed by atoms with Gasteiger partial charge < -0.3 is 24.9 Å². The van der Waals surface area contributed by atoms with E-state index in [-0.39, 0.29) is 51.4 Å². The van der Waals surface area contributed by atoms with E-state index in [0.717, 1.165) is 21.9 Å². The van der Waals surface area contributed by atoms with Crippen molar-refractivity contribution in [1.82, 2.24) is 9.88 Å². The molecule has 0 spiro atoms. The molecular weight excluding hydrogens is 590 g/mol. The van der Waals surface area contributed by atoms with Gasteiger partial charge >= 0.3 is 4.87 Å². The maximum Gasteiger partial charge on any atom is 0.305 e. The Hall–Kier alpha value is -3.77. The highest BCUT2D eigenvalue weighted by molar-refractivity contribution is 8.00. The van der Waals surface area contributed by atoms with Gasteiger partial charge in [0.05, 0.1) is 30.6 Å². The van der Waals surface area contributed by atoms with Crippen molar-refractivity contribution in [2.75, 3.05) is 19.0 Å². The van der Waals surface area contributed by atoms with E-state index in [1.54, 1.807) is 56.1 Å². The molecule has 3 amide bonds. The number of aromatic amines is 1. The van der Waals surface area contributed by atoms with Crippen LogP contribution in [0, 0.1) is 29.6 Å². The van der Waals surface area contributed by atoms with Crippen molar-refractivity contribution in [2.45, 2.75) is 42.5 Å². The number of fused-ring (bicyclic) bond motifs is 9. The molecule has 3 N–H and O–H groups in total. The lowest BCUT2D eigenvalue weighted by molar-refractivity contribution is -0.146. The Morgan fingerprint density at radius 2 is 1.84 bits per heavy atom. The minimum Gasteiger partial charge on any atom is -0.504 e. The number of amides is 3. The number of aromatic hydroxyl groups is 1. The van der Waals surface area contributed by atoms with Gasteiger partial charge in [-0.2, -0.15) is 0 Å². The number of H-pyrrole nitrogens is 1. The minimum absolute atomic E-state index is 0.00523. The van der Waals surface area contributed by atoms with E-state index in [1.807, 2.05) is 19.1 Å². The number of ether oxygens (including phenoxy) is 2. The molecule has 0 radical (unpaired) electrons. The van der Waals surface area contributed by atoms with Gasteiger partial charge in [0.15, 0.2) is 11.5 Å². The number of rotatable bonds is 7. The average Bonchev–Trinajstić information content (AvgIpc) is 3.73. The molecule has 3 aromatic rings. The smallest absolute Gasteiger partial charge is 0.305 e. The number of thioether (sulfide) groups is 1. The second-order valence-corrected chi connectivity index (χ2v) is 13.8. The van der Waals surface area contributed by atoms with Crippen molar-refractivity contribution >= 4 is 46.5 Å². The molecule has 2 aliphatic carbocycles. The van der Waals surface area contributed by atoms with E-state index in [9.17, 15) is 24.3 Å². The normalized spacial score (nSPS) is 29.2. The van der Waals surface area contributed by atoms with Crippen LogP contribution in [0.3, 0.4) is 0 Å². The fourth-order valence-corrected chi connectivity index (χ4v) is 10.7. The van der Waals surface area contributed by atoms with Crippen LogP contribution in [0.4, 0.5) is 5.69 Å². The third-order valence-corrected chi connectivity index (χ3v) is 12.1. The first kappa shape index (κ1) is 28.0. The molecule has 3 fully saturated rings. The van der Waals surface area contributed by atoms with Gasteiger partial charge in [0.1, 0.15) is 11.8 Å². The molecule has 1 aromatic heterocycles. The minimum atomic E-state index is -0.971. The summed E-state index contributed by atoms with van der Waals surface area (Å²) in [7, 11) is 1.56. The van der Waals surface area contributed by atoms with Crippen molar-refractivity contribution < 1.29 is 29.0 Å². The molecule has 224 valence electrons. The molecule has 1 saturated heterocycles. The highest BCUT2D eigenvalue weighted by atomic mass is 32.2. The van der Waals surface area contributed by atoms with Gasteiger partial charge in [-0.3, -0.25) is 24.1 Å². The topological polar surface area (TPSA) is 138 Å². The summed E-state index contributed by atoms with van der Waals surface area (Å²) >= 11 is 2.78. The van der Waals surface area contributed by atoms with Gasteiger partial charge in [-0.25, -0.2) is 0 Å². The highest BCUT2D eigenvalue weighted by Crippen LogP contribution is 2.68. The number of methoxy groups -OCH3 is 1. The monoisotopic (exact) mass is 621 g/mol. The molecule has 43 heavy (non-hydrogen) atoms. The summed E-state index contributed by atoms with van der Waals surface area (Å²) in [6.07, 6.45) is 0.738. The van der Waals surface area contributed by atoms with Crippen molar-refractivity contribution in [1.29, 1.82) is 0 Å². The lowest BCUT2D eigenvalue weighted by atomic mass is 9.68. The highest BCUT2D eigenvalue weighted by Gasteiger charge is 2.70. The molecule has 2 saturated carbocycles. The third kappa shape index (κ3) is 4.28. The first-order valence-corrected chi connectivity index (χ1v) is 16.1. The predicted octanol–water partition coefficient (Wildman–Crippen LogP) is 4.05. The molecule has 2 bridgehead atoms. The molecule has 8 unspecified atom stereocenters. The number of benzene rings is 2. The maximum atomic E-state index is 14.0. The van der Waals surface area contributed by atoms with E-state index in [4.69, 9.17) is 9.47 Å². The first-order valence-electron chi connectivity index (χ1n) is 14.4. The number of imide groups is 1. The zero-order valence-electron chi connectivity index (χ0n) is 23.7. The quantitative estimate of drug-likeness (QED) is 0.336. The molecule has 4 aliphatic rings. The SMILES string of the molecule is CCOc1cc(C2c3sc(=O)[nH]c3SC3C4CC(C5C(=O)N(C(C)C(=O)Nc6ccc(OC)cc6)C(=O)C45)C23)ccc1O. The summed E-state index contributed by atoms with van der Waals surface area (Å²) < 4.78 is 10.9. The number of thiazole rings is 1. The number of carbonyl (C=O) groups is 3. The number of phenols is 1. The van der Waals surface area contributed by atoms with E-state index in [2.05, 4.69) is 10.3 Å². The van der Waals surface area contributed by atoms with Crippen LogP contribution >= 0.6 is 23.1 Å². The van der Waals surface area contributed by atoms with Gasteiger partial charge in [0.25, 0.3) is 0 Å². The second-order valence-electron chi connectivity index (χ2n) is 11.6. The van der Waals surface area contributed by atoms with Gasteiger partial charge in [-0.05, 0) is 80.0 Å². The largest absolute Gasteiger partial charge is 0.504 e. The van der Waals surface area contributed by atoms with Crippen molar-refractivity contribution in [2.24, 2.45) is 29.6 Å². The van der Waals surface area contributed by atoms with Gasteiger partial charge in [0, 0.05) is 21.7 Å². The number of hydrogen-bond acceptors (Lipinski definition) is 9.